The minimum atomic E-state index is -0.966. The fraction of sp³-hybridized carbons (Fsp3) is 0.333. The first-order valence-corrected chi connectivity index (χ1v) is 11.3. The van der Waals surface area contributed by atoms with Gasteiger partial charge in [-0.15, -0.1) is 0 Å². The average molecular weight is 490 g/mol. The van der Waals surface area contributed by atoms with Gasteiger partial charge in [0.2, 0.25) is 0 Å². The van der Waals surface area contributed by atoms with Crippen molar-refractivity contribution in [1.82, 2.24) is 10.3 Å². The van der Waals surface area contributed by atoms with Gasteiger partial charge in [0.25, 0.3) is 5.91 Å². The number of hydrogen-bond acceptors (Lipinski definition) is 5. The number of halogens is 2. The molecule has 0 spiro atoms. The van der Waals surface area contributed by atoms with Gasteiger partial charge in [-0.3, -0.25) is 19.4 Å². The summed E-state index contributed by atoms with van der Waals surface area (Å²) < 4.78 is 0. The zero-order chi connectivity index (χ0) is 24.1. The number of carboxylic acids is 1. The summed E-state index contributed by atoms with van der Waals surface area (Å²) in [5, 5.41) is 15.8. The molecule has 0 bridgehead atoms. The maximum Gasteiger partial charge on any atom is 0.305 e. The predicted molar refractivity (Wildman–Crippen MR) is 128 cm³/mol. The number of amides is 1. The summed E-state index contributed by atoms with van der Waals surface area (Å²) in [5.41, 5.74) is 2.88. The summed E-state index contributed by atoms with van der Waals surface area (Å²) >= 11 is 12.1. The van der Waals surface area contributed by atoms with Gasteiger partial charge in [0.05, 0.1) is 28.2 Å². The van der Waals surface area contributed by atoms with E-state index in [1.807, 2.05) is 13.8 Å². The van der Waals surface area contributed by atoms with Gasteiger partial charge >= 0.3 is 5.97 Å². The van der Waals surface area contributed by atoms with E-state index in [1.165, 1.54) is 12.4 Å². The Morgan fingerprint density at radius 3 is 2.30 bits per heavy atom. The third kappa shape index (κ3) is 6.33. The Hall–Kier alpha value is -2.90. The van der Waals surface area contributed by atoms with Crippen molar-refractivity contribution in [2.75, 3.05) is 5.32 Å². The molecule has 1 heterocycles. The quantitative estimate of drug-likeness (QED) is 0.434. The highest BCUT2D eigenvalue weighted by Crippen LogP contribution is 2.31. The molecule has 1 atom stereocenters. The number of aliphatic carboxylic acids is 1. The molecule has 1 aliphatic carbocycles. The fourth-order valence-electron chi connectivity index (χ4n) is 3.73. The van der Waals surface area contributed by atoms with Crippen LogP contribution in [-0.2, 0) is 9.59 Å². The maximum atomic E-state index is 12.6. The normalized spacial score (nSPS) is 14.5. The van der Waals surface area contributed by atoms with Crippen molar-refractivity contribution < 1.29 is 19.5 Å². The number of allylic oxidation sites excluding steroid dienone is 2. The van der Waals surface area contributed by atoms with Crippen LogP contribution in [0.1, 0.15) is 61.5 Å². The highest BCUT2D eigenvalue weighted by Gasteiger charge is 2.26. The van der Waals surface area contributed by atoms with Gasteiger partial charge in [0.15, 0.2) is 5.78 Å². The highest BCUT2D eigenvalue weighted by atomic mass is 35.5. The maximum absolute atomic E-state index is 12.6. The fourth-order valence-corrected chi connectivity index (χ4v) is 4.19. The average Bonchev–Trinajstić information content (AvgIpc) is 3.09. The number of ketones is 1. The molecule has 2 aromatic rings. The first kappa shape index (κ1) is 24.7. The summed E-state index contributed by atoms with van der Waals surface area (Å²) in [6.07, 6.45) is 4.25. The lowest BCUT2D eigenvalue weighted by atomic mass is 9.99. The molecule has 0 saturated carbocycles. The Balaban J connectivity index is 1.80. The van der Waals surface area contributed by atoms with Gasteiger partial charge < -0.3 is 15.7 Å². The number of carbonyl (C=O) groups excluding carboxylic acids is 2. The molecule has 0 radical (unpaired) electrons. The molecule has 3 N–H and O–H groups in total. The monoisotopic (exact) mass is 489 g/mol. The van der Waals surface area contributed by atoms with Crippen molar-refractivity contribution in [2.24, 2.45) is 5.92 Å². The Kier molecular flexibility index (Phi) is 8.10. The van der Waals surface area contributed by atoms with Crippen LogP contribution in [0.15, 0.2) is 47.9 Å². The van der Waals surface area contributed by atoms with Crippen molar-refractivity contribution in [1.29, 1.82) is 0 Å². The standard InChI is InChI=1S/C24H25Cl2N3O4/c1-13(2)9-16-19(7-8-21(16)30)28-20(10-22(31)32)14-3-5-15(6-4-14)24(33)29-23-17(25)11-27-12-18(23)26/h3-6,11-13,20,28H,7-10H2,1-2H3,(H,31,32)(H,27,29,33). The molecule has 0 fully saturated rings. The van der Waals surface area contributed by atoms with Crippen molar-refractivity contribution in [3.8, 4) is 0 Å². The smallest absolute Gasteiger partial charge is 0.305 e. The van der Waals surface area contributed by atoms with Crippen molar-refractivity contribution >= 4 is 46.5 Å². The van der Waals surface area contributed by atoms with E-state index < -0.39 is 17.9 Å². The molecule has 7 nitrogen and oxygen atoms in total. The number of nitrogens with one attached hydrogen (secondary N) is 2. The molecule has 33 heavy (non-hydrogen) atoms. The summed E-state index contributed by atoms with van der Waals surface area (Å²) in [6, 6.07) is 6.07. The lowest BCUT2D eigenvalue weighted by molar-refractivity contribution is -0.137. The summed E-state index contributed by atoms with van der Waals surface area (Å²) in [7, 11) is 0. The lowest BCUT2D eigenvalue weighted by Crippen LogP contribution is -2.24. The van der Waals surface area contributed by atoms with Crippen LogP contribution in [0.25, 0.3) is 0 Å². The van der Waals surface area contributed by atoms with E-state index in [0.717, 1.165) is 11.3 Å². The number of carboxylic acid groups (broad SMARTS) is 1. The van der Waals surface area contributed by atoms with Crippen LogP contribution in [0.4, 0.5) is 5.69 Å². The van der Waals surface area contributed by atoms with E-state index in [9.17, 15) is 19.5 Å². The van der Waals surface area contributed by atoms with Crippen LogP contribution in [-0.4, -0.2) is 27.8 Å². The second kappa shape index (κ2) is 10.8. The van der Waals surface area contributed by atoms with Gasteiger partial charge in [0.1, 0.15) is 0 Å². The van der Waals surface area contributed by atoms with Gasteiger partial charge in [-0.1, -0.05) is 49.2 Å². The largest absolute Gasteiger partial charge is 0.481 e. The van der Waals surface area contributed by atoms with Gasteiger partial charge in [-0.25, -0.2) is 0 Å². The SMILES string of the molecule is CC(C)CC1=C(NC(CC(=O)O)c2ccc(C(=O)Nc3c(Cl)cncc3Cl)cc2)CCC1=O. The molecular weight excluding hydrogens is 465 g/mol. The Morgan fingerprint density at radius 2 is 1.73 bits per heavy atom. The zero-order valence-corrected chi connectivity index (χ0v) is 19.8. The van der Waals surface area contributed by atoms with E-state index in [2.05, 4.69) is 15.6 Å². The second-order valence-corrected chi connectivity index (χ2v) is 9.14. The van der Waals surface area contributed by atoms with E-state index in [1.54, 1.807) is 24.3 Å². The van der Waals surface area contributed by atoms with Crippen molar-refractivity contribution in [3.63, 3.8) is 0 Å². The van der Waals surface area contributed by atoms with Crippen LogP contribution in [0, 0.1) is 5.92 Å². The van der Waals surface area contributed by atoms with Crippen LogP contribution in [0.2, 0.25) is 10.0 Å². The van der Waals surface area contributed by atoms with Gasteiger partial charge in [-0.05, 0) is 36.5 Å². The Morgan fingerprint density at radius 1 is 1.09 bits per heavy atom. The van der Waals surface area contributed by atoms with E-state index >= 15 is 0 Å². The molecule has 1 aromatic heterocycles. The molecular formula is C24H25Cl2N3O4. The number of anilines is 1. The molecule has 3 rings (SSSR count). The van der Waals surface area contributed by atoms with E-state index in [4.69, 9.17) is 23.2 Å². The van der Waals surface area contributed by atoms with Gasteiger partial charge in [0, 0.05) is 35.6 Å². The number of Topliss-reactive ketones (excluding diaryl/α,β-unsaturated/α-hetero) is 1. The van der Waals surface area contributed by atoms with Crippen LogP contribution in [0.3, 0.4) is 0 Å². The van der Waals surface area contributed by atoms with Crippen LogP contribution < -0.4 is 10.6 Å². The minimum absolute atomic E-state index is 0.112. The van der Waals surface area contributed by atoms with Crippen molar-refractivity contribution in [3.05, 3.63) is 69.1 Å². The first-order valence-electron chi connectivity index (χ1n) is 10.6. The molecule has 1 amide bonds. The van der Waals surface area contributed by atoms with Crippen LogP contribution >= 0.6 is 23.2 Å². The van der Waals surface area contributed by atoms with Crippen LogP contribution in [0.5, 0.6) is 0 Å². The zero-order valence-electron chi connectivity index (χ0n) is 18.3. The Bertz CT molecular complexity index is 1080. The number of nitrogens with zero attached hydrogens (tertiary/aromatic N) is 1. The molecule has 1 aliphatic rings. The molecule has 0 saturated heterocycles. The topological polar surface area (TPSA) is 108 Å². The number of carbonyl (C=O) groups is 3. The number of rotatable bonds is 9. The molecule has 1 unspecified atom stereocenters. The number of hydrogen-bond donors (Lipinski definition) is 3. The molecule has 174 valence electrons. The summed E-state index contributed by atoms with van der Waals surface area (Å²) in [4.78, 5) is 40.3. The van der Waals surface area contributed by atoms with E-state index in [0.29, 0.717) is 36.3 Å². The third-order valence-electron chi connectivity index (χ3n) is 5.31. The Labute approximate surface area is 202 Å². The number of aromatic nitrogens is 1. The number of benzene rings is 1. The van der Waals surface area contributed by atoms with E-state index in [-0.39, 0.29) is 27.9 Å². The lowest BCUT2D eigenvalue weighted by Gasteiger charge is -2.21. The third-order valence-corrected chi connectivity index (χ3v) is 5.88. The summed E-state index contributed by atoms with van der Waals surface area (Å²) in [6.45, 7) is 4.09. The molecule has 0 aliphatic heterocycles. The molecule has 1 aromatic carbocycles. The van der Waals surface area contributed by atoms with Crippen molar-refractivity contribution in [2.45, 2.75) is 45.6 Å². The number of pyridine rings is 1. The second-order valence-electron chi connectivity index (χ2n) is 8.33. The van der Waals surface area contributed by atoms with Gasteiger partial charge in [-0.2, -0.15) is 0 Å². The highest BCUT2D eigenvalue weighted by molar-refractivity contribution is 6.39. The predicted octanol–water partition coefficient (Wildman–Crippen LogP) is 5.41. The first-order chi connectivity index (χ1) is 15.7. The summed E-state index contributed by atoms with van der Waals surface area (Å²) in [5.74, 6) is -0.952. The molecule has 9 heteroatoms. The minimum Gasteiger partial charge on any atom is -0.481 e.